The Kier molecular flexibility index (Phi) is 5.93. The number of aliphatic carboxylic acids is 1. The van der Waals surface area contributed by atoms with Crippen molar-refractivity contribution in [1.29, 1.82) is 0 Å². The lowest BCUT2D eigenvalue weighted by atomic mass is 10.0. The van der Waals surface area contributed by atoms with E-state index in [1.54, 1.807) is 0 Å². The van der Waals surface area contributed by atoms with Crippen LogP contribution in [-0.4, -0.2) is 41.7 Å². The predicted octanol–water partition coefficient (Wildman–Crippen LogP) is 1.44. The molecule has 0 aliphatic carbocycles. The van der Waals surface area contributed by atoms with Crippen LogP contribution in [0.1, 0.15) is 32.6 Å². The highest BCUT2D eigenvalue weighted by Crippen LogP contribution is 2.15. The van der Waals surface area contributed by atoms with Gasteiger partial charge in [-0.2, -0.15) is 0 Å². The summed E-state index contributed by atoms with van der Waals surface area (Å²) in [7, 11) is 0. The lowest BCUT2D eigenvalue weighted by molar-refractivity contribution is -0.131. The fourth-order valence-electron chi connectivity index (χ4n) is 2.09. The molecule has 4 nitrogen and oxygen atoms in total. The van der Waals surface area contributed by atoms with E-state index in [4.69, 9.17) is 5.11 Å². The number of hydrogen-bond donors (Lipinski definition) is 2. The summed E-state index contributed by atoms with van der Waals surface area (Å²) in [5, 5.41) is 11.4. The molecule has 1 atom stereocenters. The Labute approximate surface area is 97.3 Å². The summed E-state index contributed by atoms with van der Waals surface area (Å²) < 4.78 is 0. The zero-order valence-electron chi connectivity index (χ0n) is 9.98. The molecular formula is C12H22N2O2. The Morgan fingerprint density at radius 1 is 1.56 bits per heavy atom. The van der Waals surface area contributed by atoms with Crippen molar-refractivity contribution in [3.05, 3.63) is 12.3 Å². The maximum absolute atomic E-state index is 10.2. The molecule has 0 spiro atoms. The Morgan fingerprint density at radius 3 is 3.06 bits per heavy atom. The van der Waals surface area contributed by atoms with Gasteiger partial charge in [-0.15, -0.1) is 0 Å². The number of rotatable bonds is 6. The van der Waals surface area contributed by atoms with Crippen LogP contribution in [0, 0.1) is 0 Å². The molecule has 4 heteroatoms. The minimum absolute atomic E-state index is 0.711. The molecule has 0 saturated carbocycles. The van der Waals surface area contributed by atoms with E-state index in [9.17, 15) is 4.79 Å². The van der Waals surface area contributed by atoms with Gasteiger partial charge in [-0.3, -0.25) is 0 Å². The highest BCUT2D eigenvalue weighted by Gasteiger charge is 2.16. The SMILES string of the molecule is CC1CCCCN1CCCN/C=C/C(=O)O. The molecule has 0 radical (unpaired) electrons. The molecule has 0 aromatic carbocycles. The second kappa shape index (κ2) is 7.28. The third kappa shape index (κ3) is 5.16. The molecule has 16 heavy (non-hydrogen) atoms. The van der Waals surface area contributed by atoms with Gasteiger partial charge >= 0.3 is 5.97 Å². The Morgan fingerprint density at radius 2 is 2.38 bits per heavy atom. The number of piperidine rings is 1. The van der Waals surface area contributed by atoms with E-state index in [1.807, 2.05) is 0 Å². The van der Waals surface area contributed by atoms with Gasteiger partial charge < -0.3 is 15.3 Å². The first kappa shape index (κ1) is 13.0. The van der Waals surface area contributed by atoms with E-state index < -0.39 is 5.97 Å². The van der Waals surface area contributed by atoms with Crippen LogP contribution in [0.15, 0.2) is 12.3 Å². The quantitative estimate of drug-likeness (QED) is 0.531. The minimum Gasteiger partial charge on any atom is -0.478 e. The van der Waals surface area contributed by atoms with Gasteiger partial charge in [0.2, 0.25) is 0 Å². The molecule has 0 amide bonds. The van der Waals surface area contributed by atoms with Crippen LogP contribution >= 0.6 is 0 Å². The Bertz CT molecular complexity index is 241. The average Bonchev–Trinajstić information content (AvgIpc) is 2.25. The predicted molar refractivity (Wildman–Crippen MR) is 64.3 cm³/mol. The molecule has 0 aromatic rings. The molecule has 1 aliphatic heterocycles. The van der Waals surface area contributed by atoms with Crippen LogP contribution in [0.4, 0.5) is 0 Å². The van der Waals surface area contributed by atoms with Crippen LogP contribution in [0.25, 0.3) is 0 Å². The smallest absolute Gasteiger partial charge is 0.329 e. The van der Waals surface area contributed by atoms with Crippen LogP contribution in [0.3, 0.4) is 0 Å². The molecule has 1 fully saturated rings. The summed E-state index contributed by atoms with van der Waals surface area (Å²) >= 11 is 0. The first-order valence-electron chi connectivity index (χ1n) is 6.07. The van der Waals surface area contributed by atoms with Crippen molar-refractivity contribution in [1.82, 2.24) is 10.2 Å². The third-order valence-electron chi connectivity index (χ3n) is 3.05. The zero-order chi connectivity index (χ0) is 11.8. The fraction of sp³-hybridized carbons (Fsp3) is 0.750. The van der Waals surface area contributed by atoms with Crippen molar-refractivity contribution < 1.29 is 9.90 Å². The summed E-state index contributed by atoms with van der Waals surface area (Å²) in [5.41, 5.74) is 0. The summed E-state index contributed by atoms with van der Waals surface area (Å²) in [6.07, 6.45) is 7.68. The second-order valence-corrected chi connectivity index (χ2v) is 4.36. The first-order valence-corrected chi connectivity index (χ1v) is 6.07. The topological polar surface area (TPSA) is 52.6 Å². The first-order chi connectivity index (χ1) is 7.70. The molecule has 2 N–H and O–H groups in total. The molecule has 0 aromatic heterocycles. The van der Waals surface area contributed by atoms with Gasteiger partial charge in [0, 0.05) is 31.4 Å². The minimum atomic E-state index is -0.905. The summed E-state index contributed by atoms with van der Waals surface area (Å²) in [6.45, 7) is 5.45. The lowest BCUT2D eigenvalue weighted by Gasteiger charge is -2.33. The molecule has 0 bridgehead atoms. The van der Waals surface area contributed by atoms with E-state index in [1.165, 1.54) is 32.0 Å². The number of nitrogens with one attached hydrogen (secondary N) is 1. The van der Waals surface area contributed by atoms with Crippen molar-refractivity contribution >= 4 is 5.97 Å². The van der Waals surface area contributed by atoms with E-state index in [2.05, 4.69) is 17.1 Å². The third-order valence-corrected chi connectivity index (χ3v) is 3.05. The van der Waals surface area contributed by atoms with E-state index in [0.717, 1.165) is 25.6 Å². The van der Waals surface area contributed by atoms with Crippen LogP contribution < -0.4 is 5.32 Å². The number of nitrogens with zero attached hydrogens (tertiary/aromatic N) is 1. The van der Waals surface area contributed by atoms with Gasteiger partial charge in [-0.1, -0.05) is 6.42 Å². The van der Waals surface area contributed by atoms with Crippen LogP contribution in [-0.2, 0) is 4.79 Å². The fourth-order valence-corrected chi connectivity index (χ4v) is 2.09. The monoisotopic (exact) mass is 226 g/mol. The van der Waals surface area contributed by atoms with Gasteiger partial charge in [-0.25, -0.2) is 4.79 Å². The van der Waals surface area contributed by atoms with Gasteiger partial charge in [-0.05, 0) is 32.7 Å². The van der Waals surface area contributed by atoms with E-state index >= 15 is 0 Å². The molecular weight excluding hydrogens is 204 g/mol. The standard InChI is InChI=1S/C12H22N2O2/c1-11-5-2-3-9-14(11)10-4-7-13-8-6-12(15)16/h6,8,11,13H,2-5,7,9-10H2,1H3,(H,15,16)/b8-6+. The summed E-state index contributed by atoms with van der Waals surface area (Å²) in [6, 6.07) is 0.711. The average molecular weight is 226 g/mol. The second-order valence-electron chi connectivity index (χ2n) is 4.36. The normalized spacial score (nSPS) is 22.4. The maximum atomic E-state index is 10.2. The van der Waals surface area contributed by atoms with Crippen molar-refractivity contribution in [2.75, 3.05) is 19.6 Å². The van der Waals surface area contributed by atoms with Crippen LogP contribution in [0.5, 0.6) is 0 Å². The molecule has 1 aliphatic rings. The number of likely N-dealkylation sites (tertiary alicyclic amines) is 1. The highest BCUT2D eigenvalue weighted by molar-refractivity contribution is 5.79. The number of carboxylic acids is 1. The van der Waals surface area contributed by atoms with Crippen molar-refractivity contribution in [2.45, 2.75) is 38.6 Å². The summed E-state index contributed by atoms with van der Waals surface area (Å²) in [5.74, 6) is -0.905. The highest BCUT2D eigenvalue weighted by atomic mass is 16.4. The molecule has 1 heterocycles. The molecule has 1 rings (SSSR count). The van der Waals surface area contributed by atoms with Gasteiger partial charge in [0.1, 0.15) is 0 Å². The summed E-state index contributed by atoms with van der Waals surface area (Å²) in [4.78, 5) is 12.7. The molecule has 1 saturated heterocycles. The van der Waals surface area contributed by atoms with Gasteiger partial charge in [0.15, 0.2) is 0 Å². The maximum Gasteiger partial charge on any atom is 0.329 e. The number of hydrogen-bond acceptors (Lipinski definition) is 3. The van der Waals surface area contributed by atoms with Gasteiger partial charge in [0.25, 0.3) is 0 Å². The number of carbonyl (C=O) groups is 1. The largest absolute Gasteiger partial charge is 0.478 e. The Balaban J connectivity index is 2.04. The van der Waals surface area contributed by atoms with Crippen molar-refractivity contribution in [3.8, 4) is 0 Å². The van der Waals surface area contributed by atoms with Crippen LogP contribution in [0.2, 0.25) is 0 Å². The lowest BCUT2D eigenvalue weighted by Crippen LogP contribution is -2.38. The van der Waals surface area contributed by atoms with E-state index in [0.29, 0.717) is 6.04 Å². The number of carboxylic acid groups (broad SMARTS) is 1. The zero-order valence-corrected chi connectivity index (χ0v) is 9.98. The van der Waals surface area contributed by atoms with Crippen molar-refractivity contribution in [2.24, 2.45) is 0 Å². The molecule has 1 unspecified atom stereocenters. The van der Waals surface area contributed by atoms with Crippen molar-refractivity contribution in [3.63, 3.8) is 0 Å². The van der Waals surface area contributed by atoms with Gasteiger partial charge in [0.05, 0.1) is 0 Å². The van der Waals surface area contributed by atoms with E-state index in [-0.39, 0.29) is 0 Å². The molecule has 92 valence electrons. The Hall–Kier alpha value is -1.03.